The van der Waals surface area contributed by atoms with Crippen molar-refractivity contribution in [2.75, 3.05) is 5.73 Å². The Hall–Kier alpha value is -1.16. The maximum Gasteiger partial charge on any atom is 0.240 e. The first kappa shape index (κ1) is 13.3. The maximum absolute atomic E-state index is 6.02. The number of aromatic nitrogens is 1. The van der Waals surface area contributed by atoms with Crippen LogP contribution in [0, 0.1) is 6.92 Å². The summed E-state index contributed by atoms with van der Waals surface area (Å²) in [6, 6.07) is 6.87. The molecule has 0 aliphatic carbocycles. The van der Waals surface area contributed by atoms with Crippen molar-refractivity contribution in [3.05, 3.63) is 44.9 Å². The minimum atomic E-state index is 0.153. The average Bonchev–Trinajstić information content (AvgIpc) is 2.30. The van der Waals surface area contributed by atoms with Gasteiger partial charge in [-0.3, -0.25) is 0 Å². The highest BCUT2D eigenvalue weighted by Crippen LogP contribution is 2.35. The molecule has 94 valence electrons. The number of nitrogen functional groups attached to an aromatic ring is 1. The molecular weight excluding hydrogens is 295 g/mol. The van der Waals surface area contributed by atoms with Gasteiger partial charge < -0.3 is 10.5 Å². The van der Waals surface area contributed by atoms with Gasteiger partial charge in [-0.15, -0.1) is 0 Å². The van der Waals surface area contributed by atoms with Gasteiger partial charge in [-0.1, -0.05) is 40.9 Å². The van der Waals surface area contributed by atoms with E-state index in [0.717, 1.165) is 5.56 Å². The van der Waals surface area contributed by atoms with Gasteiger partial charge in [0.25, 0.3) is 0 Å². The predicted octanol–water partition coefficient (Wildman–Crippen LogP) is 4.72. The number of hydrogen-bond acceptors (Lipinski definition) is 3. The zero-order chi connectivity index (χ0) is 13.3. The van der Waals surface area contributed by atoms with Crippen LogP contribution in [0.4, 0.5) is 5.82 Å². The van der Waals surface area contributed by atoms with Gasteiger partial charge in [0.1, 0.15) is 16.6 Å². The zero-order valence-corrected chi connectivity index (χ0v) is 11.6. The Morgan fingerprint density at radius 1 is 1.06 bits per heavy atom. The highest BCUT2D eigenvalue weighted by Gasteiger charge is 2.11. The molecule has 0 aliphatic heterocycles. The Morgan fingerprint density at radius 2 is 1.78 bits per heavy atom. The molecule has 2 rings (SSSR count). The number of aryl methyl sites for hydroxylation is 1. The van der Waals surface area contributed by atoms with Crippen LogP contribution in [0.25, 0.3) is 0 Å². The second-order valence-corrected chi connectivity index (χ2v) is 4.90. The van der Waals surface area contributed by atoms with E-state index in [1.165, 1.54) is 6.07 Å². The summed E-state index contributed by atoms with van der Waals surface area (Å²) in [7, 11) is 0. The molecule has 0 saturated heterocycles. The van der Waals surface area contributed by atoms with Crippen molar-refractivity contribution in [3.8, 4) is 11.6 Å². The Balaban J connectivity index is 2.40. The number of nitrogens with zero attached hydrogens (tertiary/aromatic N) is 1. The van der Waals surface area contributed by atoms with Crippen molar-refractivity contribution in [1.29, 1.82) is 0 Å². The third-order valence-corrected chi connectivity index (χ3v) is 3.10. The second-order valence-electron chi connectivity index (χ2n) is 3.68. The highest BCUT2D eigenvalue weighted by atomic mass is 35.5. The van der Waals surface area contributed by atoms with Gasteiger partial charge in [-0.05, 0) is 30.7 Å². The lowest BCUT2D eigenvalue weighted by Gasteiger charge is -2.10. The fourth-order valence-corrected chi connectivity index (χ4v) is 1.88. The number of pyridine rings is 1. The van der Waals surface area contributed by atoms with Gasteiger partial charge in [-0.25, -0.2) is 0 Å². The summed E-state index contributed by atoms with van der Waals surface area (Å²) in [5.41, 5.74) is 6.60. The summed E-state index contributed by atoms with van der Waals surface area (Å²) in [5.74, 6) is 0.790. The first-order valence-electron chi connectivity index (χ1n) is 5.03. The molecule has 0 radical (unpaired) electrons. The average molecular weight is 304 g/mol. The van der Waals surface area contributed by atoms with E-state index in [4.69, 9.17) is 45.3 Å². The third kappa shape index (κ3) is 2.80. The molecule has 3 nitrogen and oxygen atoms in total. The largest absolute Gasteiger partial charge is 0.436 e. The van der Waals surface area contributed by atoms with Gasteiger partial charge in [0.05, 0.1) is 10.0 Å². The van der Waals surface area contributed by atoms with Crippen molar-refractivity contribution in [2.45, 2.75) is 6.92 Å². The summed E-state index contributed by atoms with van der Waals surface area (Å²) in [6.45, 7) is 1.93. The molecule has 1 aromatic carbocycles. The van der Waals surface area contributed by atoms with E-state index >= 15 is 0 Å². The minimum Gasteiger partial charge on any atom is -0.436 e. The van der Waals surface area contributed by atoms with Crippen LogP contribution in [-0.2, 0) is 0 Å². The fraction of sp³-hybridized carbons (Fsp3) is 0.0833. The molecule has 1 aromatic heterocycles. The molecule has 2 aromatic rings. The molecule has 1 heterocycles. The van der Waals surface area contributed by atoms with Crippen LogP contribution in [0.2, 0.25) is 15.1 Å². The van der Waals surface area contributed by atoms with Crippen molar-refractivity contribution < 1.29 is 4.74 Å². The van der Waals surface area contributed by atoms with Crippen LogP contribution < -0.4 is 10.5 Å². The van der Waals surface area contributed by atoms with Crippen LogP contribution in [0.5, 0.6) is 11.6 Å². The molecular formula is C12H9Cl3N2O. The van der Waals surface area contributed by atoms with E-state index < -0.39 is 0 Å². The number of nitrogens with two attached hydrogens (primary N) is 1. The molecule has 6 heteroatoms. The molecule has 0 fully saturated rings. The summed E-state index contributed by atoms with van der Waals surface area (Å²) in [5, 5.41) is 1.02. The molecule has 0 bridgehead atoms. The van der Waals surface area contributed by atoms with Crippen molar-refractivity contribution in [1.82, 2.24) is 4.98 Å². The number of rotatable bonds is 2. The van der Waals surface area contributed by atoms with Crippen LogP contribution in [0.15, 0.2) is 24.3 Å². The summed E-state index contributed by atoms with van der Waals surface area (Å²) < 4.78 is 5.54. The quantitative estimate of drug-likeness (QED) is 0.873. The molecule has 0 saturated carbocycles. The SMILES string of the molecule is Cc1ccc(Cl)c(Oc2nc(N)c(Cl)cc2Cl)c1. The fourth-order valence-electron chi connectivity index (χ4n) is 1.33. The molecule has 18 heavy (non-hydrogen) atoms. The molecule has 0 unspecified atom stereocenters. The van der Waals surface area contributed by atoms with Gasteiger partial charge >= 0.3 is 0 Å². The number of halogens is 3. The maximum atomic E-state index is 6.02. The second kappa shape index (κ2) is 5.22. The summed E-state index contributed by atoms with van der Waals surface area (Å²) in [6.07, 6.45) is 0. The minimum absolute atomic E-state index is 0.153. The standard InChI is InChI=1S/C12H9Cl3N2O/c1-6-2-3-7(13)10(4-6)18-12-9(15)5-8(14)11(16)17-12/h2-5H,1H3,(H2,16,17). The van der Waals surface area contributed by atoms with Crippen LogP contribution in [0.3, 0.4) is 0 Å². The van der Waals surface area contributed by atoms with Crippen molar-refractivity contribution in [3.63, 3.8) is 0 Å². The monoisotopic (exact) mass is 302 g/mol. The number of hydrogen-bond donors (Lipinski definition) is 1. The first-order valence-corrected chi connectivity index (χ1v) is 6.16. The smallest absolute Gasteiger partial charge is 0.240 e. The van der Waals surface area contributed by atoms with E-state index in [1.807, 2.05) is 13.0 Å². The Labute approximate surface area is 119 Å². The highest BCUT2D eigenvalue weighted by molar-refractivity contribution is 6.36. The topological polar surface area (TPSA) is 48.1 Å². The Kier molecular flexibility index (Phi) is 3.85. The molecule has 2 N–H and O–H groups in total. The van der Waals surface area contributed by atoms with Gasteiger partial charge in [0.2, 0.25) is 5.88 Å². The van der Waals surface area contributed by atoms with E-state index in [9.17, 15) is 0 Å². The lowest BCUT2D eigenvalue weighted by Crippen LogP contribution is -1.96. The lowest BCUT2D eigenvalue weighted by molar-refractivity contribution is 0.464. The number of anilines is 1. The van der Waals surface area contributed by atoms with E-state index in [1.54, 1.807) is 12.1 Å². The van der Waals surface area contributed by atoms with E-state index in [-0.39, 0.29) is 21.7 Å². The molecule has 0 spiro atoms. The number of ether oxygens (including phenoxy) is 1. The van der Waals surface area contributed by atoms with Crippen LogP contribution in [-0.4, -0.2) is 4.98 Å². The van der Waals surface area contributed by atoms with Gasteiger partial charge in [0, 0.05) is 0 Å². The van der Waals surface area contributed by atoms with Gasteiger partial charge in [-0.2, -0.15) is 4.98 Å². The number of benzene rings is 1. The molecule has 0 aliphatic rings. The third-order valence-electron chi connectivity index (χ3n) is 2.22. The van der Waals surface area contributed by atoms with Crippen molar-refractivity contribution >= 4 is 40.6 Å². The van der Waals surface area contributed by atoms with Crippen molar-refractivity contribution in [2.24, 2.45) is 0 Å². The summed E-state index contributed by atoms with van der Waals surface area (Å²) >= 11 is 17.8. The Bertz CT molecular complexity index is 602. The van der Waals surface area contributed by atoms with E-state index in [2.05, 4.69) is 4.98 Å². The van der Waals surface area contributed by atoms with Gasteiger partial charge in [0.15, 0.2) is 0 Å². The normalized spacial score (nSPS) is 10.4. The first-order chi connectivity index (χ1) is 8.47. The lowest BCUT2D eigenvalue weighted by atomic mass is 10.2. The van der Waals surface area contributed by atoms with Crippen LogP contribution in [0.1, 0.15) is 5.56 Å². The Morgan fingerprint density at radius 3 is 2.50 bits per heavy atom. The predicted molar refractivity (Wildman–Crippen MR) is 74.9 cm³/mol. The van der Waals surface area contributed by atoms with Crippen LogP contribution >= 0.6 is 34.8 Å². The van der Waals surface area contributed by atoms with E-state index in [0.29, 0.717) is 10.8 Å². The zero-order valence-electron chi connectivity index (χ0n) is 9.38. The molecule has 0 amide bonds. The summed E-state index contributed by atoms with van der Waals surface area (Å²) in [4.78, 5) is 3.97. The molecule has 0 atom stereocenters.